The lowest BCUT2D eigenvalue weighted by molar-refractivity contribution is -0.123. The van der Waals surface area contributed by atoms with Crippen LogP contribution in [0.25, 0.3) is 0 Å². The third-order valence-corrected chi connectivity index (χ3v) is 4.29. The highest BCUT2D eigenvalue weighted by Gasteiger charge is 2.23. The molecule has 3 rings (SSSR count). The maximum atomic E-state index is 12.9. The quantitative estimate of drug-likeness (QED) is 0.642. The van der Waals surface area contributed by atoms with Crippen LogP contribution in [0.2, 0.25) is 5.02 Å². The zero-order valence-electron chi connectivity index (χ0n) is 15.1. The third-order valence-electron chi connectivity index (χ3n) is 4.00. The molecule has 6 heteroatoms. The van der Waals surface area contributed by atoms with Crippen molar-refractivity contribution < 1.29 is 14.3 Å². The molecule has 0 radical (unpaired) electrons. The van der Waals surface area contributed by atoms with Gasteiger partial charge in [0.15, 0.2) is 0 Å². The first-order valence-corrected chi connectivity index (χ1v) is 8.84. The maximum absolute atomic E-state index is 12.9. The molecule has 0 heterocycles. The van der Waals surface area contributed by atoms with E-state index in [4.69, 9.17) is 26.3 Å². The summed E-state index contributed by atoms with van der Waals surface area (Å²) >= 11 is 6.13. The molecule has 0 aliphatic carbocycles. The van der Waals surface area contributed by atoms with Gasteiger partial charge in [0.05, 0.1) is 23.8 Å². The van der Waals surface area contributed by atoms with Gasteiger partial charge in [-0.25, -0.2) is 0 Å². The Morgan fingerprint density at radius 1 is 1.07 bits per heavy atom. The zero-order chi connectivity index (χ0) is 19.9. The fourth-order valence-corrected chi connectivity index (χ4v) is 2.85. The second kappa shape index (κ2) is 8.94. The second-order valence-electron chi connectivity index (χ2n) is 5.88. The van der Waals surface area contributed by atoms with Crippen LogP contribution in [0.4, 0.5) is 5.69 Å². The van der Waals surface area contributed by atoms with E-state index in [1.54, 1.807) is 42.5 Å². The van der Waals surface area contributed by atoms with E-state index in [1.165, 1.54) is 7.11 Å². The Morgan fingerprint density at radius 2 is 1.79 bits per heavy atom. The zero-order valence-corrected chi connectivity index (χ0v) is 15.8. The molecule has 0 aliphatic heterocycles. The molecule has 1 amide bonds. The van der Waals surface area contributed by atoms with E-state index in [0.717, 1.165) is 0 Å². The van der Waals surface area contributed by atoms with Crippen LogP contribution in [0.1, 0.15) is 17.2 Å². The number of nitriles is 1. The van der Waals surface area contributed by atoms with Crippen LogP contribution >= 0.6 is 11.6 Å². The van der Waals surface area contributed by atoms with Crippen molar-refractivity contribution in [3.05, 3.63) is 88.9 Å². The molecule has 0 spiro atoms. The Morgan fingerprint density at radius 3 is 2.39 bits per heavy atom. The van der Waals surface area contributed by atoms with Gasteiger partial charge in [-0.05, 0) is 42.5 Å². The Hall–Kier alpha value is -3.49. The summed E-state index contributed by atoms with van der Waals surface area (Å²) in [5.74, 6) is 0.653. The summed E-state index contributed by atoms with van der Waals surface area (Å²) in [6, 6.07) is 22.8. The van der Waals surface area contributed by atoms with Crippen LogP contribution in [0.15, 0.2) is 72.8 Å². The molecule has 3 aromatic carbocycles. The molecular formula is C22H17ClN2O3. The molecule has 0 aromatic heterocycles. The van der Waals surface area contributed by atoms with E-state index in [0.29, 0.717) is 33.3 Å². The van der Waals surface area contributed by atoms with Crippen molar-refractivity contribution in [2.45, 2.75) is 6.10 Å². The lowest BCUT2D eigenvalue weighted by Crippen LogP contribution is -2.25. The first kappa shape index (κ1) is 19.3. The van der Waals surface area contributed by atoms with E-state index in [-0.39, 0.29) is 5.91 Å². The Kier molecular flexibility index (Phi) is 6.15. The summed E-state index contributed by atoms with van der Waals surface area (Å²) in [5.41, 5.74) is 1.74. The summed E-state index contributed by atoms with van der Waals surface area (Å²) in [7, 11) is 1.52. The van der Waals surface area contributed by atoms with Crippen LogP contribution in [-0.2, 0) is 4.79 Å². The van der Waals surface area contributed by atoms with Crippen LogP contribution in [-0.4, -0.2) is 13.0 Å². The first-order valence-electron chi connectivity index (χ1n) is 8.47. The number of carbonyl (C=O) groups excluding carboxylic acids is 1. The third kappa shape index (κ3) is 4.61. The summed E-state index contributed by atoms with van der Waals surface area (Å²) in [6.45, 7) is 0. The molecule has 0 bridgehead atoms. The van der Waals surface area contributed by atoms with Crippen LogP contribution in [0, 0.1) is 11.3 Å². The molecule has 28 heavy (non-hydrogen) atoms. The Balaban J connectivity index is 1.84. The molecule has 0 fully saturated rings. The van der Waals surface area contributed by atoms with E-state index >= 15 is 0 Å². The minimum atomic E-state index is -0.880. The van der Waals surface area contributed by atoms with Gasteiger partial charge in [-0.1, -0.05) is 41.9 Å². The topological polar surface area (TPSA) is 71.3 Å². The number of hydrogen-bond donors (Lipinski definition) is 1. The predicted octanol–water partition coefficient (Wildman–Crippen LogP) is 4.98. The SMILES string of the molecule is COc1ccc(NC(=O)[C@H](Oc2ccc(C#N)cc2)c2ccccc2)cc1Cl. The average Bonchev–Trinajstić information content (AvgIpc) is 2.73. The summed E-state index contributed by atoms with van der Waals surface area (Å²) < 4.78 is 11.1. The minimum absolute atomic E-state index is 0.350. The minimum Gasteiger partial charge on any atom is -0.495 e. The van der Waals surface area contributed by atoms with Crippen molar-refractivity contribution >= 4 is 23.2 Å². The van der Waals surface area contributed by atoms with E-state index in [2.05, 4.69) is 11.4 Å². The van der Waals surface area contributed by atoms with E-state index in [9.17, 15) is 4.79 Å². The van der Waals surface area contributed by atoms with Crippen molar-refractivity contribution in [3.63, 3.8) is 0 Å². The van der Waals surface area contributed by atoms with Gasteiger partial charge in [0.1, 0.15) is 11.5 Å². The predicted molar refractivity (Wildman–Crippen MR) is 108 cm³/mol. The normalized spacial score (nSPS) is 11.2. The molecule has 0 unspecified atom stereocenters. The second-order valence-corrected chi connectivity index (χ2v) is 6.29. The number of halogens is 1. The fourth-order valence-electron chi connectivity index (χ4n) is 2.60. The molecule has 0 aliphatic rings. The van der Waals surface area contributed by atoms with Crippen LogP contribution < -0.4 is 14.8 Å². The van der Waals surface area contributed by atoms with Crippen molar-refractivity contribution in [2.75, 3.05) is 12.4 Å². The van der Waals surface area contributed by atoms with Crippen molar-refractivity contribution in [3.8, 4) is 17.6 Å². The monoisotopic (exact) mass is 392 g/mol. The van der Waals surface area contributed by atoms with Gasteiger partial charge in [0.25, 0.3) is 5.91 Å². The summed E-state index contributed by atoms with van der Waals surface area (Å²) in [6.07, 6.45) is -0.880. The van der Waals surface area contributed by atoms with Crippen LogP contribution in [0.5, 0.6) is 11.5 Å². The van der Waals surface area contributed by atoms with Gasteiger partial charge >= 0.3 is 0 Å². The van der Waals surface area contributed by atoms with Gasteiger partial charge in [0, 0.05) is 11.3 Å². The van der Waals surface area contributed by atoms with Crippen molar-refractivity contribution in [2.24, 2.45) is 0 Å². The molecule has 1 atom stereocenters. The van der Waals surface area contributed by atoms with E-state index < -0.39 is 6.10 Å². The van der Waals surface area contributed by atoms with Gasteiger partial charge in [0.2, 0.25) is 6.10 Å². The van der Waals surface area contributed by atoms with Crippen molar-refractivity contribution in [1.29, 1.82) is 5.26 Å². The van der Waals surface area contributed by atoms with Gasteiger partial charge in [-0.15, -0.1) is 0 Å². The number of nitrogens with one attached hydrogen (secondary N) is 1. The van der Waals surface area contributed by atoms with Gasteiger partial charge < -0.3 is 14.8 Å². The number of amides is 1. The lowest BCUT2D eigenvalue weighted by Gasteiger charge is -2.19. The number of nitrogens with zero attached hydrogens (tertiary/aromatic N) is 1. The lowest BCUT2D eigenvalue weighted by atomic mass is 10.1. The molecule has 5 nitrogen and oxygen atoms in total. The number of anilines is 1. The van der Waals surface area contributed by atoms with Crippen LogP contribution in [0.3, 0.4) is 0 Å². The van der Waals surface area contributed by atoms with Gasteiger partial charge in [-0.3, -0.25) is 4.79 Å². The number of hydrogen-bond acceptors (Lipinski definition) is 4. The smallest absolute Gasteiger partial charge is 0.270 e. The molecule has 0 saturated carbocycles. The standard InChI is InChI=1S/C22H17ClN2O3/c1-27-20-12-9-17(13-19(20)23)25-22(26)21(16-5-3-2-4-6-16)28-18-10-7-15(14-24)8-11-18/h2-13,21H,1H3,(H,25,26)/t21-/m1/s1. The number of ether oxygens (including phenoxy) is 2. The molecule has 140 valence electrons. The highest BCUT2D eigenvalue weighted by atomic mass is 35.5. The number of benzene rings is 3. The number of methoxy groups -OCH3 is 1. The Bertz CT molecular complexity index is 999. The van der Waals surface area contributed by atoms with Crippen molar-refractivity contribution in [1.82, 2.24) is 0 Å². The molecule has 3 aromatic rings. The average molecular weight is 393 g/mol. The largest absolute Gasteiger partial charge is 0.495 e. The van der Waals surface area contributed by atoms with Gasteiger partial charge in [-0.2, -0.15) is 5.26 Å². The highest BCUT2D eigenvalue weighted by molar-refractivity contribution is 6.32. The van der Waals surface area contributed by atoms with E-state index in [1.807, 2.05) is 30.3 Å². The summed E-state index contributed by atoms with van der Waals surface area (Å²) in [4.78, 5) is 12.9. The Labute approximate surface area is 168 Å². The highest BCUT2D eigenvalue weighted by Crippen LogP contribution is 2.29. The summed E-state index contributed by atoms with van der Waals surface area (Å²) in [5, 5.41) is 12.1. The first-order chi connectivity index (χ1) is 13.6. The molecule has 1 N–H and O–H groups in total. The number of rotatable bonds is 6. The number of carbonyl (C=O) groups is 1. The fraction of sp³-hybridized carbons (Fsp3) is 0.0909. The molecule has 0 saturated heterocycles. The molecular weight excluding hydrogens is 376 g/mol. The maximum Gasteiger partial charge on any atom is 0.270 e.